The summed E-state index contributed by atoms with van der Waals surface area (Å²) in [5.41, 5.74) is 5.19. The zero-order chi connectivity index (χ0) is 19.3. The van der Waals surface area contributed by atoms with Crippen molar-refractivity contribution in [3.63, 3.8) is 0 Å². The molecule has 0 saturated heterocycles. The highest BCUT2D eigenvalue weighted by atomic mass is 16.3. The van der Waals surface area contributed by atoms with Gasteiger partial charge in [-0.25, -0.2) is 0 Å². The lowest BCUT2D eigenvalue weighted by Gasteiger charge is -2.22. The summed E-state index contributed by atoms with van der Waals surface area (Å²) in [6, 6.07) is 7.64. The zero-order valence-corrected chi connectivity index (χ0v) is 16.2. The van der Waals surface area contributed by atoms with Crippen LogP contribution in [0.2, 0.25) is 0 Å². The minimum atomic E-state index is -0.394. The highest BCUT2D eigenvalue weighted by Gasteiger charge is 2.16. The van der Waals surface area contributed by atoms with Gasteiger partial charge in [-0.1, -0.05) is 32.9 Å². The maximum Gasteiger partial charge on any atom is 0.287 e. The van der Waals surface area contributed by atoms with E-state index in [1.165, 1.54) is 28.5 Å². The number of nitrogens with one attached hydrogen (secondary N) is 2. The van der Waals surface area contributed by atoms with Gasteiger partial charge in [0.25, 0.3) is 5.91 Å². The zero-order valence-electron chi connectivity index (χ0n) is 16.2. The molecule has 2 N–H and O–H groups in total. The molecule has 5 nitrogen and oxygen atoms in total. The van der Waals surface area contributed by atoms with Crippen LogP contribution in [0.4, 0.5) is 0 Å². The number of hydrogen-bond acceptors (Lipinski definition) is 3. The Kier molecular flexibility index (Phi) is 6.24. The number of aryl methyl sites for hydroxylation is 2. The van der Waals surface area contributed by atoms with Gasteiger partial charge in [0.05, 0.1) is 12.8 Å². The van der Waals surface area contributed by atoms with Crippen LogP contribution in [0.25, 0.3) is 0 Å². The summed E-state index contributed by atoms with van der Waals surface area (Å²) in [4.78, 5) is 23.6. The average Bonchev–Trinajstić information content (AvgIpc) is 3.08. The topological polar surface area (TPSA) is 71.3 Å². The van der Waals surface area contributed by atoms with Crippen LogP contribution in [0.3, 0.4) is 0 Å². The molecule has 1 heterocycles. The Morgan fingerprint density at radius 1 is 1.08 bits per heavy atom. The third-order valence-corrected chi connectivity index (χ3v) is 4.41. The van der Waals surface area contributed by atoms with Gasteiger partial charge < -0.3 is 15.1 Å². The van der Waals surface area contributed by atoms with Crippen molar-refractivity contribution in [3.8, 4) is 0 Å². The number of carbonyl (C=O) groups is 2. The number of hydrogen-bond donors (Lipinski definition) is 2. The van der Waals surface area contributed by atoms with Crippen molar-refractivity contribution >= 4 is 11.8 Å². The van der Waals surface area contributed by atoms with E-state index in [0.717, 1.165) is 6.42 Å². The van der Waals surface area contributed by atoms with Gasteiger partial charge in [-0.05, 0) is 60.1 Å². The molecule has 2 aromatic rings. The summed E-state index contributed by atoms with van der Waals surface area (Å²) in [5.74, 6) is -0.413. The summed E-state index contributed by atoms with van der Waals surface area (Å²) >= 11 is 0. The van der Waals surface area contributed by atoms with Crippen molar-refractivity contribution in [2.45, 2.75) is 46.5 Å². The second kappa shape index (κ2) is 8.21. The molecule has 0 saturated carbocycles. The lowest BCUT2D eigenvalue weighted by Crippen LogP contribution is -2.37. The van der Waals surface area contributed by atoms with E-state index in [4.69, 9.17) is 4.42 Å². The van der Waals surface area contributed by atoms with E-state index in [9.17, 15) is 9.59 Å². The second-order valence-electron chi connectivity index (χ2n) is 7.60. The number of rotatable bonds is 6. The fourth-order valence-electron chi connectivity index (χ4n) is 2.87. The first kappa shape index (κ1) is 19.8. The largest absolute Gasteiger partial charge is 0.459 e. The predicted molar refractivity (Wildman–Crippen MR) is 102 cm³/mol. The molecule has 2 rings (SSSR count). The third kappa shape index (κ3) is 5.22. The molecular weight excluding hydrogens is 328 g/mol. The second-order valence-corrected chi connectivity index (χ2v) is 7.60. The molecule has 140 valence electrons. The summed E-state index contributed by atoms with van der Waals surface area (Å²) in [6.45, 7) is 11.3. The molecule has 0 aliphatic carbocycles. The smallest absolute Gasteiger partial charge is 0.287 e. The van der Waals surface area contributed by atoms with E-state index >= 15 is 0 Å². The van der Waals surface area contributed by atoms with Crippen LogP contribution >= 0.6 is 0 Å². The Morgan fingerprint density at radius 3 is 2.27 bits per heavy atom. The lowest BCUT2D eigenvalue weighted by atomic mass is 9.83. The van der Waals surface area contributed by atoms with E-state index in [2.05, 4.69) is 57.4 Å². The van der Waals surface area contributed by atoms with Gasteiger partial charge in [-0.15, -0.1) is 0 Å². The summed E-state index contributed by atoms with van der Waals surface area (Å²) in [6.07, 6.45) is 2.19. The quantitative estimate of drug-likeness (QED) is 0.834. The Labute approximate surface area is 155 Å². The highest BCUT2D eigenvalue weighted by molar-refractivity contribution is 5.94. The number of carbonyl (C=O) groups excluding carboxylic acids is 2. The van der Waals surface area contributed by atoms with Crippen LogP contribution in [-0.2, 0) is 16.6 Å². The number of amides is 2. The summed E-state index contributed by atoms with van der Waals surface area (Å²) in [5, 5.41) is 5.38. The number of furan rings is 1. The van der Waals surface area contributed by atoms with Crippen LogP contribution in [-0.4, -0.2) is 24.9 Å². The first-order chi connectivity index (χ1) is 12.2. The molecule has 0 radical (unpaired) electrons. The normalized spacial score (nSPS) is 11.3. The van der Waals surface area contributed by atoms with Crippen LogP contribution in [0.15, 0.2) is 34.9 Å². The minimum absolute atomic E-state index is 0.0690. The Hall–Kier alpha value is -2.56. The molecule has 0 unspecified atom stereocenters. The van der Waals surface area contributed by atoms with E-state index in [-0.39, 0.29) is 23.6 Å². The molecule has 26 heavy (non-hydrogen) atoms. The first-order valence-corrected chi connectivity index (χ1v) is 8.87. The van der Waals surface area contributed by atoms with Crippen molar-refractivity contribution in [2.24, 2.45) is 0 Å². The predicted octanol–water partition coefficient (Wildman–Crippen LogP) is 3.28. The van der Waals surface area contributed by atoms with Gasteiger partial charge in [0.1, 0.15) is 0 Å². The maximum atomic E-state index is 11.9. The standard InChI is InChI=1S/C21H28N2O3/c1-14-11-16(21(3,4)5)12-15(2)17(14)8-9-22-19(24)13-23-20(25)18-7-6-10-26-18/h6-7,10-12H,8-9,13H2,1-5H3,(H,22,24)(H,23,25). The first-order valence-electron chi connectivity index (χ1n) is 8.87. The molecular formula is C21H28N2O3. The van der Waals surface area contributed by atoms with Crippen LogP contribution in [0.5, 0.6) is 0 Å². The fraction of sp³-hybridized carbons (Fsp3) is 0.429. The van der Waals surface area contributed by atoms with Gasteiger partial charge >= 0.3 is 0 Å². The van der Waals surface area contributed by atoms with Crippen molar-refractivity contribution in [2.75, 3.05) is 13.1 Å². The minimum Gasteiger partial charge on any atom is -0.459 e. The Bertz CT molecular complexity index is 748. The molecule has 5 heteroatoms. The van der Waals surface area contributed by atoms with E-state index < -0.39 is 5.91 Å². The van der Waals surface area contributed by atoms with Crippen molar-refractivity contribution in [1.82, 2.24) is 10.6 Å². The van der Waals surface area contributed by atoms with Crippen LogP contribution < -0.4 is 10.6 Å². The summed E-state index contributed by atoms with van der Waals surface area (Å²) < 4.78 is 4.98. The molecule has 0 aliphatic heterocycles. The molecule has 1 aromatic carbocycles. The Morgan fingerprint density at radius 2 is 1.73 bits per heavy atom. The molecule has 0 bridgehead atoms. The molecule has 0 aliphatic rings. The highest BCUT2D eigenvalue weighted by Crippen LogP contribution is 2.27. The van der Waals surface area contributed by atoms with Gasteiger partial charge in [0.2, 0.25) is 5.91 Å². The summed E-state index contributed by atoms with van der Waals surface area (Å²) in [7, 11) is 0. The van der Waals surface area contributed by atoms with Gasteiger partial charge in [0, 0.05) is 6.54 Å². The Balaban J connectivity index is 1.84. The van der Waals surface area contributed by atoms with Crippen LogP contribution in [0.1, 0.15) is 53.6 Å². The monoisotopic (exact) mass is 356 g/mol. The van der Waals surface area contributed by atoms with E-state index in [0.29, 0.717) is 6.54 Å². The molecule has 2 amide bonds. The van der Waals surface area contributed by atoms with Gasteiger partial charge in [0.15, 0.2) is 5.76 Å². The SMILES string of the molecule is Cc1cc(C(C)(C)C)cc(C)c1CCNC(=O)CNC(=O)c1ccco1. The van der Waals surface area contributed by atoms with Gasteiger partial charge in [-0.3, -0.25) is 9.59 Å². The van der Waals surface area contributed by atoms with Crippen molar-refractivity contribution < 1.29 is 14.0 Å². The third-order valence-electron chi connectivity index (χ3n) is 4.41. The number of benzene rings is 1. The van der Waals surface area contributed by atoms with Crippen LogP contribution in [0, 0.1) is 13.8 Å². The molecule has 0 atom stereocenters. The molecule has 0 spiro atoms. The van der Waals surface area contributed by atoms with Gasteiger partial charge in [-0.2, -0.15) is 0 Å². The maximum absolute atomic E-state index is 11.9. The lowest BCUT2D eigenvalue weighted by molar-refractivity contribution is -0.120. The van der Waals surface area contributed by atoms with E-state index in [1.807, 2.05) is 0 Å². The average molecular weight is 356 g/mol. The molecule has 1 aromatic heterocycles. The molecule has 0 fully saturated rings. The fourth-order valence-corrected chi connectivity index (χ4v) is 2.87. The van der Waals surface area contributed by atoms with E-state index in [1.54, 1.807) is 12.1 Å². The van der Waals surface area contributed by atoms with Crippen molar-refractivity contribution in [1.29, 1.82) is 0 Å². The van der Waals surface area contributed by atoms with Crippen molar-refractivity contribution in [3.05, 3.63) is 58.5 Å².